The van der Waals surface area contributed by atoms with Gasteiger partial charge in [-0.25, -0.2) is 0 Å². The number of fused-ring (bicyclic) bond motifs is 3. The minimum Gasteiger partial charge on any atom is -0.481 e. The lowest BCUT2D eigenvalue weighted by atomic mass is 9.55. The largest absolute Gasteiger partial charge is 0.481 e. The molecular formula is C16H20O2. The molecule has 0 spiro atoms. The van der Waals surface area contributed by atoms with Crippen LogP contribution < -0.4 is 0 Å². The summed E-state index contributed by atoms with van der Waals surface area (Å²) in [6, 6.07) is 8.20. The van der Waals surface area contributed by atoms with Gasteiger partial charge in [-0.05, 0) is 42.2 Å². The predicted molar refractivity (Wildman–Crippen MR) is 70.7 cm³/mol. The second kappa shape index (κ2) is 4.11. The minimum atomic E-state index is -0.605. The quantitative estimate of drug-likeness (QED) is 0.817. The van der Waals surface area contributed by atoms with Crippen molar-refractivity contribution in [2.45, 2.75) is 50.4 Å². The van der Waals surface area contributed by atoms with Gasteiger partial charge in [0.15, 0.2) is 0 Å². The highest BCUT2D eigenvalue weighted by Gasteiger charge is 2.52. The fourth-order valence-electron chi connectivity index (χ4n) is 4.20. The van der Waals surface area contributed by atoms with Crippen LogP contribution in [-0.4, -0.2) is 11.1 Å². The van der Waals surface area contributed by atoms with Crippen molar-refractivity contribution in [3.05, 3.63) is 35.4 Å². The first-order chi connectivity index (χ1) is 8.66. The van der Waals surface area contributed by atoms with Crippen LogP contribution in [-0.2, 0) is 10.2 Å². The highest BCUT2D eigenvalue weighted by atomic mass is 16.4. The molecule has 0 unspecified atom stereocenters. The summed E-state index contributed by atoms with van der Waals surface area (Å²) in [6.07, 6.45) is 5.16. The van der Waals surface area contributed by atoms with E-state index >= 15 is 0 Å². The summed E-state index contributed by atoms with van der Waals surface area (Å²) in [6.45, 7) is 2.24. The summed E-state index contributed by atoms with van der Waals surface area (Å²) in [5.74, 6) is 0.219. The molecule has 3 atom stereocenters. The average molecular weight is 244 g/mol. The number of hydrogen-bond donors (Lipinski definition) is 1. The van der Waals surface area contributed by atoms with Gasteiger partial charge < -0.3 is 5.11 Å². The lowest BCUT2D eigenvalue weighted by molar-refractivity contribution is -0.148. The number of carboxylic acid groups (broad SMARTS) is 1. The normalized spacial score (nSPS) is 34.5. The zero-order valence-electron chi connectivity index (χ0n) is 10.9. The van der Waals surface area contributed by atoms with E-state index in [1.165, 1.54) is 12.0 Å². The third kappa shape index (κ3) is 1.44. The molecule has 0 aliphatic heterocycles. The zero-order chi connectivity index (χ0) is 12.8. The maximum atomic E-state index is 12.0. The molecule has 2 heteroatoms. The molecule has 0 bridgehead atoms. The topological polar surface area (TPSA) is 37.3 Å². The number of carboxylic acids is 1. The van der Waals surface area contributed by atoms with Crippen LogP contribution in [0.2, 0.25) is 0 Å². The van der Waals surface area contributed by atoms with Gasteiger partial charge in [0, 0.05) is 0 Å². The zero-order valence-corrected chi connectivity index (χ0v) is 10.9. The lowest BCUT2D eigenvalue weighted by Gasteiger charge is -2.47. The van der Waals surface area contributed by atoms with Crippen molar-refractivity contribution in [1.82, 2.24) is 0 Å². The van der Waals surface area contributed by atoms with Gasteiger partial charge >= 0.3 is 5.97 Å². The Labute approximate surface area is 108 Å². The lowest BCUT2D eigenvalue weighted by Crippen LogP contribution is -2.48. The molecule has 0 aromatic heterocycles. The van der Waals surface area contributed by atoms with Gasteiger partial charge in [0.05, 0.1) is 5.41 Å². The van der Waals surface area contributed by atoms with Crippen molar-refractivity contribution < 1.29 is 9.90 Å². The van der Waals surface area contributed by atoms with Crippen LogP contribution in [0.1, 0.15) is 56.1 Å². The Morgan fingerprint density at radius 1 is 1.33 bits per heavy atom. The molecule has 1 fully saturated rings. The van der Waals surface area contributed by atoms with Gasteiger partial charge in [0.2, 0.25) is 0 Å². The summed E-state index contributed by atoms with van der Waals surface area (Å²) >= 11 is 0. The predicted octanol–water partition coefficient (Wildman–Crippen LogP) is 3.71. The second-order valence-corrected chi connectivity index (χ2v) is 5.94. The Hall–Kier alpha value is -1.31. The monoisotopic (exact) mass is 244 g/mol. The van der Waals surface area contributed by atoms with E-state index in [2.05, 4.69) is 19.1 Å². The SMILES string of the molecule is C[C@@H]1C[C@H]2CCCC[C@@]2(C(=O)O)c2ccccc21. The van der Waals surface area contributed by atoms with Gasteiger partial charge in [-0.1, -0.05) is 44.0 Å². The van der Waals surface area contributed by atoms with E-state index in [1.54, 1.807) is 0 Å². The van der Waals surface area contributed by atoms with Crippen LogP contribution >= 0.6 is 0 Å². The number of carbonyl (C=O) groups is 1. The summed E-state index contributed by atoms with van der Waals surface area (Å²) in [5.41, 5.74) is 1.76. The highest BCUT2D eigenvalue weighted by molar-refractivity contribution is 5.83. The average Bonchev–Trinajstić information content (AvgIpc) is 2.39. The van der Waals surface area contributed by atoms with E-state index in [4.69, 9.17) is 0 Å². The van der Waals surface area contributed by atoms with Crippen LogP contribution in [0.15, 0.2) is 24.3 Å². The summed E-state index contributed by atoms with van der Waals surface area (Å²) in [7, 11) is 0. The molecule has 2 nitrogen and oxygen atoms in total. The van der Waals surface area contributed by atoms with Gasteiger partial charge in [-0.15, -0.1) is 0 Å². The van der Waals surface area contributed by atoms with Gasteiger partial charge in [0.25, 0.3) is 0 Å². The summed E-state index contributed by atoms with van der Waals surface area (Å²) in [5, 5.41) is 9.86. The fraction of sp³-hybridized carbons (Fsp3) is 0.562. The van der Waals surface area contributed by atoms with Crippen molar-refractivity contribution in [1.29, 1.82) is 0 Å². The van der Waals surface area contributed by atoms with E-state index in [0.29, 0.717) is 11.8 Å². The third-order valence-electron chi connectivity index (χ3n) is 5.06. The first-order valence-corrected chi connectivity index (χ1v) is 6.99. The molecule has 1 aromatic rings. The van der Waals surface area contributed by atoms with Crippen molar-refractivity contribution in [2.75, 3.05) is 0 Å². The molecule has 18 heavy (non-hydrogen) atoms. The van der Waals surface area contributed by atoms with Crippen LogP contribution in [0.4, 0.5) is 0 Å². The molecule has 2 aliphatic rings. The molecule has 96 valence electrons. The molecular weight excluding hydrogens is 224 g/mol. The Balaban J connectivity index is 2.21. The smallest absolute Gasteiger partial charge is 0.314 e. The van der Waals surface area contributed by atoms with Gasteiger partial charge in [-0.2, -0.15) is 0 Å². The number of benzene rings is 1. The number of rotatable bonds is 1. The Morgan fingerprint density at radius 2 is 2.11 bits per heavy atom. The first kappa shape index (κ1) is 11.8. The Bertz CT molecular complexity index is 480. The first-order valence-electron chi connectivity index (χ1n) is 6.99. The standard InChI is InChI=1S/C16H20O2/c1-11-10-12-6-4-5-9-16(12,15(17)18)14-8-3-2-7-13(11)14/h2-3,7-8,11-12H,4-6,9-10H2,1H3,(H,17,18)/t11-,12-,16+/m1/s1. The van der Waals surface area contributed by atoms with E-state index in [-0.39, 0.29) is 0 Å². The molecule has 0 amide bonds. The van der Waals surface area contributed by atoms with Crippen LogP contribution in [0.5, 0.6) is 0 Å². The van der Waals surface area contributed by atoms with Crippen LogP contribution in [0.3, 0.4) is 0 Å². The Kier molecular flexibility index (Phi) is 2.69. The van der Waals surface area contributed by atoms with Crippen molar-refractivity contribution in [2.24, 2.45) is 5.92 Å². The molecule has 2 aliphatic carbocycles. The minimum absolute atomic E-state index is 0.327. The molecule has 1 aromatic carbocycles. The van der Waals surface area contributed by atoms with Crippen LogP contribution in [0.25, 0.3) is 0 Å². The van der Waals surface area contributed by atoms with Gasteiger partial charge in [0.1, 0.15) is 0 Å². The molecule has 1 saturated carbocycles. The van der Waals surface area contributed by atoms with Crippen molar-refractivity contribution >= 4 is 5.97 Å². The Morgan fingerprint density at radius 3 is 2.89 bits per heavy atom. The molecule has 0 radical (unpaired) electrons. The van der Waals surface area contributed by atoms with Crippen molar-refractivity contribution in [3.8, 4) is 0 Å². The van der Waals surface area contributed by atoms with Gasteiger partial charge in [-0.3, -0.25) is 4.79 Å². The molecule has 0 saturated heterocycles. The molecule has 1 N–H and O–H groups in total. The maximum Gasteiger partial charge on any atom is 0.314 e. The second-order valence-electron chi connectivity index (χ2n) is 5.94. The summed E-state index contributed by atoms with van der Waals surface area (Å²) < 4.78 is 0. The third-order valence-corrected chi connectivity index (χ3v) is 5.06. The molecule has 3 rings (SSSR count). The van der Waals surface area contributed by atoms with E-state index in [9.17, 15) is 9.90 Å². The van der Waals surface area contributed by atoms with Crippen LogP contribution in [0, 0.1) is 5.92 Å². The van der Waals surface area contributed by atoms with Crippen molar-refractivity contribution in [3.63, 3.8) is 0 Å². The van der Waals surface area contributed by atoms with E-state index in [1.807, 2.05) is 12.1 Å². The van der Waals surface area contributed by atoms with E-state index in [0.717, 1.165) is 31.2 Å². The maximum absolute atomic E-state index is 12.0. The summed E-state index contributed by atoms with van der Waals surface area (Å²) in [4.78, 5) is 12.0. The number of aliphatic carboxylic acids is 1. The highest BCUT2D eigenvalue weighted by Crippen LogP contribution is 2.53. The number of hydrogen-bond acceptors (Lipinski definition) is 1. The van der Waals surface area contributed by atoms with E-state index < -0.39 is 11.4 Å². The molecule has 0 heterocycles. The fourth-order valence-corrected chi connectivity index (χ4v) is 4.20.